The summed E-state index contributed by atoms with van der Waals surface area (Å²) in [6.45, 7) is 7.23. The van der Waals surface area contributed by atoms with Crippen LogP contribution in [0.25, 0.3) is 0 Å². The molecule has 0 aromatic rings. The summed E-state index contributed by atoms with van der Waals surface area (Å²) in [7, 11) is 0. The first-order valence-corrected chi connectivity index (χ1v) is 7.58. The van der Waals surface area contributed by atoms with Crippen LogP contribution in [0.5, 0.6) is 0 Å². The van der Waals surface area contributed by atoms with Crippen LogP contribution in [0.15, 0.2) is 11.3 Å². The monoisotopic (exact) mass is 340 g/mol. The Morgan fingerprint density at radius 2 is 1.91 bits per heavy atom. The van der Waals surface area contributed by atoms with E-state index in [0.717, 1.165) is 0 Å². The molecule has 2 unspecified atom stereocenters. The Balaban J connectivity index is 3.14. The highest BCUT2D eigenvalue weighted by Gasteiger charge is 2.48. The van der Waals surface area contributed by atoms with Crippen molar-refractivity contribution >= 4 is 5.97 Å². The second-order valence-electron chi connectivity index (χ2n) is 5.42. The Morgan fingerprint density at radius 1 is 1.26 bits per heavy atom. The van der Waals surface area contributed by atoms with Crippen molar-refractivity contribution in [3.8, 4) is 0 Å². The van der Waals surface area contributed by atoms with Gasteiger partial charge in [0.15, 0.2) is 0 Å². The minimum atomic E-state index is -4.84. The van der Waals surface area contributed by atoms with Crippen LogP contribution in [0.4, 0.5) is 13.2 Å². The van der Waals surface area contributed by atoms with Crippen molar-refractivity contribution in [2.75, 3.05) is 19.8 Å². The van der Waals surface area contributed by atoms with Gasteiger partial charge in [-0.05, 0) is 19.8 Å². The maximum Gasteiger partial charge on any atom is 0.449 e. The third-order valence-electron chi connectivity index (χ3n) is 2.96. The van der Waals surface area contributed by atoms with Crippen molar-refractivity contribution in [1.29, 1.82) is 0 Å². The van der Waals surface area contributed by atoms with E-state index in [1.165, 1.54) is 6.92 Å². The molecule has 0 amide bonds. The van der Waals surface area contributed by atoms with E-state index in [1.807, 2.05) is 13.8 Å². The molecule has 0 spiro atoms. The van der Waals surface area contributed by atoms with Gasteiger partial charge in [0.25, 0.3) is 0 Å². The average molecular weight is 340 g/mol. The summed E-state index contributed by atoms with van der Waals surface area (Å²) in [5.74, 6) is -2.34. The second-order valence-corrected chi connectivity index (χ2v) is 5.42. The van der Waals surface area contributed by atoms with E-state index in [0.29, 0.717) is 0 Å². The SMILES string of the molecule is CCOC(=O)C1=C(C(F)(F)F)OC(OCC(C)C)CC1OCC. The lowest BCUT2D eigenvalue weighted by atomic mass is 10.0. The molecule has 0 fully saturated rings. The summed E-state index contributed by atoms with van der Waals surface area (Å²) < 4.78 is 60.1. The topological polar surface area (TPSA) is 54.0 Å². The zero-order chi connectivity index (χ0) is 17.6. The normalized spacial score (nSPS) is 22.3. The highest BCUT2D eigenvalue weighted by molar-refractivity contribution is 5.90. The Labute approximate surface area is 133 Å². The fourth-order valence-corrected chi connectivity index (χ4v) is 2.09. The van der Waals surface area contributed by atoms with Gasteiger partial charge in [-0.25, -0.2) is 4.79 Å². The number of carbonyl (C=O) groups is 1. The van der Waals surface area contributed by atoms with Gasteiger partial charge < -0.3 is 18.9 Å². The number of ether oxygens (including phenoxy) is 4. The van der Waals surface area contributed by atoms with E-state index < -0.39 is 35.9 Å². The number of hydrogen-bond donors (Lipinski definition) is 0. The molecular formula is C15H23F3O5. The Kier molecular flexibility index (Phi) is 7.34. The first kappa shape index (κ1) is 19.8. The van der Waals surface area contributed by atoms with Gasteiger partial charge in [-0.15, -0.1) is 0 Å². The number of hydrogen-bond acceptors (Lipinski definition) is 5. The molecule has 0 N–H and O–H groups in total. The van der Waals surface area contributed by atoms with Crippen LogP contribution in [0.3, 0.4) is 0 Å². The van der Waals surface area contributed by atoms with E-state index in [1.54, 1.807) is 6.92 Å². The summed E-state index contributed by atoms with van der Waals surface area (Å²) in [4.78, 5) is 11.9. The van der Waals surface area contributed by atoms with E-state index in [-0.39, 0.29) is 32.2 Å². The van der Waals surface area contributed by atoms with Crippen molar-refractivity contribution in [2.24, 2.45) is 5.92 Å². The second kappa shape index (κ2) is 8.54. The smallest absolute Gasteiger partial charge is 0.449 e. The largest absolute Gasteiger partial charge is 0.462 e. The summed E-state index contributed by atoms with van der Waals surface area (Å²) in [5, 5.41) is 0. The average Bonchev–Trinajstić information content (AvgIpc) is 2.44. The van der Waals surface area contributed by atoms with Gasteiger partial charge in [0.05, 0.1) is 19.3 Å². The van der Waals surface area contributed by atoms with Crippen molar-refractivity contribution in [2.45, 2.75) is 52.7 Å². The molecule has 23 heavy (non-hydrogen) atoms. The van der Waals surface area contributed by atoms with Crippen molar-refractivity contribution in [3.05, 3.63) is 11.3 Å². The van der Waals surface area contributed by atoms with E-state index >= 15 is 0 Å². The van der Waals surface area contributed by atoms with Crippen LogP contribution in [-0.4, -0.2) is 44.4 Å². The number of rotatable bonds is 7. The summed E-state index contributed by atoms with van der Waals surface area (Å²) in [6.07, 6.45) is -7.05. The lowest BCUT2D eigenvalue weighted by Gasteiger charge is -2.33. The molecule has 0 saturated heterocycles. The molecule has 1 heterocycles. The van der Waals surface area contributed by atoms with Gasteiger partial charge in [-0.1, -0.05) is 13.8 Å². The molecule has 0 aliphatic carbocycles. The molecule has 1 rings (SSSR count). The number of allylic oxidation sites excluding steroid dienone is 1. The molecule has 0 aromatic heterocycles. The quantitative estimate of drug-likeness (QED) is 0.666. The predicted molar refractivity (Wildman–Crippen MR) is 75.4 cm³/mol. The summed E-state index contributed by atoms with van der Waals surface area (Å²) in [6, 6.07) is 0. The van der Waals surface area contributed by atoms with E-state index in [9.17, 15) is 18.0 Å². The molecule has 1 aliphatic heterocycles. The van der Waals surface area contributed by atoms with Crippen LogP contribution in [-0.2, 0) is 23.7 Å². The van der Waals surface area contributed by atoms with Gasteiger partial charge >= 0.3 is 12.1 Å². The van der Waals surface area contributed by atoms with Crippen LogP contribution in [0, 0.1) is 5.92 Å². The maximum absolute atomic E-state index is 13.3. The molecular weight excluding hydrogens is 317 g/mol. The van der Waals surface area contributed by atoms with Crippen molar-refractivity contribution < 1.29 is 36.9 Å². The van der Waals surface area contributed by atoms with Gasteiger partial charge in [0, 0.05) is 13.0 Å². The number of alkyl halides is 3. The molecule has 8 heteroatoms. The number of carbonyl (C=O) groups excluding carboxylic acids is 1. The lowest BCUT2D eigenvalue weighted by molar-refractivity contribution is -0.211. The third-order valence-corrected chi connectivity index (χ3v) is 2.96. The van der Waals surface area contributed by atoms with Crippen LogP contribution < -0.4 is 0 Å². The molecule has 0 saturated carbocycles. The highest BCUT2D eigenvalue weighted by atomic mass is 19.4. The molecule has 134 valence electrons. The van der Waals surface area contributed by atoms with E-state index in [2.05, 4.69) is 0 Å². The first-order valence-electron chi connectivity index (χ1n) is 7.58. The number of esters is 1. The molecule has 0 radical (unpaired) electrons. The zero-order valence-corrected chi connectivity index (χ0v) is 13.7. The predicted octanol–water partition coefficient (Wildman–Crippen LogP) is 3.19. The lowest BCUT2D eigenvalue weighted by Crippen LogP contribution is -2.40. The maximum atomic E-state index is 13.3. The minimum absolute atomic E-state index is 0.00567. The molecule has 5 nitrogen and oxygen atoms in total. The fourth-order valence-electron chi connectivity index (χ4n) is 2.09. The Hall–Kier alpha value is -1.28. The van der Waals surface area contributed by atoms with Crippen LogP contribution in [0.1, 0.15) is 34.1 Å². The van der Waals surface area contributed by atoms with Crippen molar-refractivity contribution in [1.82, 2.24) is 0 Å². The summed E-state index contributed by atoms with van der Waals surface area (Å²) >= 11 is 0. The Morgan fingerprint density at radius 3 is 2.39 bits per heavy atom. The first-order chi connectivity index (χ1) is 10.7. The molecule has 2 atom stereocenters. The van der Waals surface area contributed by atoms with Crippen LogP contribution in [0.2, 0.25) is 0 Å². The molecule has 1 aliphatic rings. The highest BCUT2D eigenvalue weighted by Crippen LogP contribution is 2.38. The third kappa shape index (κ3) is 5.69. The van der Waals surface area contributed by atoms with Crippen LogP contribution >= 0.6 is 0 Å². The van der Waals surface area contributed by atoms with Gasteiger partial charge in [0.1, 0.15) is 5.57 Å². The zero-order valence-electron chi connectivity index (χ0n) is 13.7. The Bertz CT molecular complexity index is 431. The standard InChI is InChI=1S/C15H23F3O5/c1-5-20-10-7-11(22-8-9(3)4)23-13(15(16,17)18)12(10)14(19)21-6-2/h9-11H,5-8H2,1-4H3. The van der Waals surface area contributed by atoms with Crippen molar-refractivity contribution in [3.63, 3.8) is 0 Å². The van der Waals surface area contributed by atoms with Gasteiger partial charge in [0.2, 0.25) is 12.0 Å². The van der Waals surface area contributed by atoms with Gasteiger partial charge in [-0.3, -0.25) is 0 Å². The molecule has 0 aromatic carbocycles. The molecule has 0 bridgehead atoms. The van der Waals surface area contributed by atoms with Gasteiger partial charge in [-0.2, -0.15) is 13.2 Å². The number of halogens is 3. The van der Waals surface area contributed by atoms with E-state index in [4.69, 9.17) is 18.9 Å². The minimum Gasteiger partial charge on any atom is -0.462 e. The summed E-state index contributed by atoms with van der Waals surface area (Å²) in [5.41, 5.74) is -0.634. The fraction of sp³-hybridized carbons (Fsp3) is 0.800.